The fourth-order valence-corrected chi connectivity index (χ4v) is 1.83. The van der Waals surface area contributed by atoms with E-state index in [0.717, 1.165) is 18.5 Å². The average Bonchev–Trinajstić information content (AvgIpc) is 2.71. The minimum absolute atomic E-state index is 0.104. The van der Waals surface area contributed by atoms with Crippen LogP contribution in [0, 0.1) is 0 Å². The molecule has 0 spiro atoms. The highest BCUT2D eigenvalue weighted by Gasteiger charge is 2.27. The molecule has 2 rings (SSSR count). The van der Waals surface area contributed by atoms with E-state index in [1.807, 2.05) is 0 Å². The molecule has 2 atom stereocenters. The van der Waals surface area contributed by atoms with Crippen LogP contribution in [0.2, 0.25) is 0 Å². The van der Waals surface area contributed by atoms with Crippen LogP contribution in [0.15, 0.2) is 12.5 Å². The molecule has 0 saturated carbocycles. The smallest absolute Gasteiger partial charge is 0.320 e. The molecule has 1 aliphatic heterocycles. The molecular weight excluding hydrogens is 182 g/mol. The van der Waals surface area contributed by atoms with E-state index in [4.69, 9.17) is 5.11 Å². The van der Waals surface area contributed by atoms with Crippen molar-refractivity contribution in [2.45, 2.75) is 31.3 Å². The summed E-state index contributed by atoms with van der Waals surface area (Å²) in [7, 11) is 0. The predicted molar refractivity (Wildman–Crippen MR) is 49.7 cm³/mol. The molecule has 3 N–H and O–H groups in total. The van der Waals surface area contributed by atoms with Gasteiger partial charge in [-0.3, -0.25) is 10.1 Å². The second-order valence-corrected chi connectivity index (χ2v) is 3.55. The molecular formula is C9H13N3O2. The lowest BCUT2D eigenvalue weighted by molar-refractivity contribution is -0.140. The van der Waals surface area contributed by atoms with E-state index in [1.165, 1.54) is 0 Å². The Kier molecular flexibility index (Phi) is 2.49. The Balaban J connectivity index is 2.04. The zero-order valence-corrected chi connectivity index (χ0v) is 7.73. The summed E-state index contributed by atoms with van der Waals surface area (Å²) in [4.78, 5) is 17.7. The summed E-state index contributed by atoms with van der Waals surface area (Å²) >= 11 is 0. The Labute approximate surface area is 81.5 Å². The van der Waals surface area contributed by atoms with Crippen molar-refractivity contribution < 1.29 is 9.90 Å². The molecule has 0 aliphatic carbocycles. The third-order valence-corrected chi connectivity index (χ3v) is 2.58. The lowest BCUT2D eigenvalue weighted by atomic mass is 9.97. The van der Waals surface area contributed by atoms with Crippen LogP contribution in [0.4, 0.5) is 0 Å². The maximum atomic E-state index is 10.8. The fourth-order valence-electron chi connectivity index (χ4n) is 1.83. The van der Waals surface area contributed by atoms with E-state index in [1.54, 1.807) is 12.5 Å². The molecule has 1 saturated heterocycles. The van der Waals surface area contributed by atoms with Crippen molar-refractivity contribution in [3.63, 3.8) is 0 Å². The van der Waals surface area contributed by atoms with Gasteiger partial charge in [-0.1, -0.05) is 0 Å². The van der Waals surface area contributed by atoms with Gasteiger partial charge in [0.2, 0.25) is 0 Å². The van der Waals surface area contributed by atoms with Crippen molar-refractivity contribution in [1.29, 1.82) is 0 Å². The SMILES string of the molecule is O=C(O)C1CCCC(c2cnc[nH]2)N1. The summed E-state index contributed by atoms with van der Waals surface area (Å²) < 4.78 is 0. The molecule has 0 aromatic carbocycles. The molecule has 5 nitrogen and oxygen atoms in total. The van der Waals surface area contributed by atoms with Gasteiger partial charge in [-0.05, 0) is 19.3 Å². The summed E-state index contributed by atoms with van der Waals surface area (Å²) in [5.41, 5.74) is 0.968. The first-order chi connectivity index (χ1) is 6.77. The number of aromatic nitrogens is 2. The minimum atomic E-state index is -0.769. The quantitative estimate of drug-likeness (QED) is 0.648. The fraction of sp³-hybridized carbons (Fsp3) is 0.556. The van der Waals surface area contributed by atoms with Gasteiger partial charge in [-0.15, -0.1) is 0 Å². The Hall–Kier alpha value is -1.36. The molecule has 1 aliphatic rings. The number of aromatic amines is 1. The number of carboxylic acid groups (broad SMARTS) is 1. The molecule has 0 bridgehead atoms. The van der Waals surface area contributed by atoms with Crippen LogP contribution in [0.1, 0.15) is 31.0 Å². The van der Waals surface area contributed by atoms with Crippen LogP contribution < -0.4 is 5.32 Å². The van der Waals surface area contributed by atoms with E-state index in [9.17, 15) is 4.79 Å². The van der Waals surface area contributed by atoms with Crippen LogP contribution in [0.3, 0.4) is 0 Å². The number of hydrogen-bond donors (Lipinski definition) is 3. The van der Waals surface area contributed by atoms with Crippen molar-refractivity contribution >= 4 is 5.97 Å². The number of H-pyrrole nitrogens is 1. The van der Waals surface area contributed by atoms with Crippen molar-refractivity contribution in [2.24, 2.45) is 0 Å². The van der Waals surface area contributed by atoms with Crippen molar-refractivity contribution in [2.75, 3.05) is 0 Å². The number of carbonyl (C=O) groups is 1. The monoisotopic (exact) mass is 195 g/mol. The van der Waals surface area contributed by atoms with Crippen molar-refractivity contribution in [3.8, 4) is 0 Å². The van der Waals surface area contributed by atoms with Gasteiger partial charge in [0.15, 0.2) is 0 Å². The van der Waals surface area contributed by atoms with Gasteiger partial charge in [0, 0.05) is 12.2 Å². The number of piperidine rings is 1. The van der Waals surface area contributed by atoms with E-state index in [2.05, 4.69) is 15.3 Å². The highest BCUT2D eigenvalue weighted by Crippen LogP contribution is 2.23. The number of nitrogens with zero attached hydrogens (tertiary/aromatic N) is 1. The molecule has 5 heteroatoms. The van der Waals surface area contributed by atoms with E-state index in [-0.39, 0.29) is 6.04 Å². The van der Waals surface area contributed by atoms with E-state index in [0.29, 0.717) is 6.42 Å². The third-order valence-electron chi connectivity index (χ3n) is 2.58. The lowest BCUT2D eigenvalue weighted by Gasteiger charge is -2.27. The molecule has 2 unspecified atom stereocenters. The average molecular weight is 195 g/mol. The van der Waals surface area contributed by atoms with Crippen LogP contribution in [0.25, 0.3) is 0 Å². The van der Waals surface area contributed by atoms with E-state index < -0.39 is 12.0 Å². The van der Waals surface area contributed by atoms with Gasteiger partial charge in [-0.2, -0.15) is 0 Å². The maximum Gasteiger partial charge on any atom is 0.320 e. The first kappa shape index (κ1) is 9.21. The summed E-state index contributed by atoms with van der Waals surface area (Å²) in [6.07, 6.45) is 5.96. The molecule has 2 heterocycles. The number of imidazole rings is 1. The number of hydrogen-bond acceptors (Lipinski definition) is 3. The Bertz CT molecular complexity index is 310. The van der Waals surface area contributed by atoms with Gasteiger partial charge in [0.1, 0.15) is 6.04 Å². The van der Waals surface area contributed by atoms with Crippen molar-refractivity contribution in [1.82, 2.24) is 15.3 Å². The molecule has 0 radical (unpaired) electrons. The lowest BCUT2D eigenvalue weighted by Crippen LogP contribution is -2.42. The second kappa shape index (κ2) is 3.79. The molecule has 0 amide bonds. The number of carboxylic acids is 1. The van der Waals surface area contributed by atoms with Gasteiger partial charge in [-0.25, -0.2) is 4.98 Å². The van der Waals surface area contributed by atoms with Crippen molar-refractivity contribution in [3.05, 3.63) is 18.2 Å². The predicted octanol–water partition coefficient (Wildman–Crippen LogP) is 0.677. The van der Waals surface area contributed by atoms with E-state index >= 15 is 0 Å². The standard InChI is InChI=1S/C9H13N3O2/c13-9(14)7-3-1-2-6(12-7)8-4-10-5-11-8/h4-7,12H,1-3H2,(H,10,11)(H,13,14). The van der Waals surface area contributed by atoms with Crippen LogP contribution in [-0.4, -0.2) is 27.1 Å². The summed E-state index contributed by atoms with van der Waals surface area (Å²) in [5.74, 6) is -0.769. The van der Waals surface area contributed by atoms with Crippen LogP contribution in [0.5, 0.6) is 0 Å². The zero-order valence-electron chi connectivity index (χ0n) is 7.73. The Morgan fingerprint density at radius 3 is 3.07 bits per heavy atom. The van der Waals surface area contributed by atoms with Gasteiger partial charge in [0.05, 0.1) is 12.0 Å². The number of nitrogens with one attached hydrogen (secondary N) is 2. The first-order valence-electron chi connectivity index (χ1n) is 4.74. The zero-order chi connectivity index (χ0) is 9.97. The largest absolute Gasteiger partial charge is 0.480 e. The minimum Gasteiger partial charge on any atom is -0.480 e. The maximum absolute atomic E-state index is 10.8. The third kappa shape index (κ3) is 1.77. The molecule has 1 aromatic heterocycles. The topological polar surface area (TPSA) is 78.0 Å². The van der Waals surface area contributed by atoms with Crippen LogP contribution >= 0.6 is 0 Å². The second-order valence-electron chi connectivity index (χ2n) is 3.55. The highest BCUT2D eigenvalue weighted by molar-refractivity contribution is 5.73. The number of aliphatic carboxylic acids is 1. The first-order valence-corrected chi connectivity index (χ1v) is 4.74. The Morgan fingerprint density at radius 2 is 2.43 bits per heavy atom. The molecule has 1 aromatic rings. The van der Waals surface area contributed by atoms with Gasteiger partial charge in [0.25, 0.3) is 0 Å². The molecule has 76 valence electrons. The molecule has 1 fully saturated rings. The summed E-state index contributed by atoms with van der Waals surface area (Å²) in [6.45, 7) is 0. The normalized spacial score (nSPS) is 27.4. The summed E-state index contributed by atoms with van der Waals surface area (Å²) in [6, 6.07) is -0.315. The highest BCUT2D eigenvalue weighted by atomic mass is 16.4. The molecule has 14 heavy (non-hydrogen) atoms. The Morgan fingerprint density at radius 1 is 1.57 bits per heavy atom. The van der Waals surface area contributed by atoms with Gasteiger partial charge >= 0.3 is 5.97 Å². The number of rotatable bonds is 2. The summed E-state index contributed by atoms with van der Waals surface area (Å²) in [5, 5.41) is 11.9. The van der Waals surface area contributed by atoms with Crippen LogP contribution in [-0.2, 0) is 4.79 Å². The van der Waals surface area contributed by atoms with Gasteiger partial charge < -0.3 is 10.1 Å².